The van der Waals surface area contributed by atoms with Crippen LogP contribution in [-0.2, 0) is 4.79 Å². The van der Waals surface area contributed by atoms with Gasteiger partial charge in [-0.15, -0.1) is 0 Å². The Kier molecular flexibility index (Phi) is 4.47. The molecule has 4 N–H and O–H groups in total. The van der Waals surface area contributed by atoms with Crippen molar-refractivity contribution in [3.8, 4) is 0 Å². The number of primary amides is 1. The van der Waals surface area contributed by atoms with Gasteiger partial charge in [0.1, 0.15) is 0 Å². The fourth-order valence-electron chi connectivity index (χ4n) is 1.93. The van der Waals surface area contributed by atoms with Gasteiger partial charge in [-0.2, -0.15) is 0 Å². The summed E-state index contributed by atoms with van der Waals surface area (Å²) in [5, 5.41) is 0. The fourth-order valence-corrected chi connectivity index (χ4v) is 2.01. The second-order valence-electron chi connectivity index (χ2n) is 4.30. The first-order chi connectivity index (χ1) is 7.00. The molecule has 4 nitrogen and oxygen atoms in total. The molecule has 0 spiro atoms. The van der Waals surface area contributed by atoms with E-state index in [4.69, 9.17) is 23.7 Å². The molecule has 1 rings (SSSR count). The molecule has 0 aromatic rings. The molecule has 0 aromatic carbocycles. The van der Waals surface area contributed by atoms with Gasteiger partial charge < -0.3 is 16.4 Å². The normalized spacial score (nSPS) is 24.7. The highest BCUT2D eigenvalue weighted by molar-refractivity contribution is 7.80. The number of nitrogens with zero attached hydrogens (tertiary/aromatic N) is 1. The van der Waals surface area contributed by atoms with Crippen molar-refractivity contribution in [2.24, 2.45) is 23.3 Å². The highest BCUT2D eigenvalue weighted by atomic mass is 32.1. The number of likely N-dealkylation sites (tertiary alicyclic amines) is 1. The van der Waals surface area contributed by atoms with E-state index in [-0.39, 0.29) is 17.7 Å². The first-order valence-corrected chi connectivity index (χ1v) is 5.72. The number of carbonyl (C=O) groups is 1. The Morgan fingerprint density at radius 1 is 1.60 bits per heavy atom. The first-order valence-electron chi connectivity index (χ1n) is 5.31. The molecule has 2 unspecified atom stereocenters. The zero-order valence-corrected chi connectivity index (χ0v) is 9.93. The minimum absolute atomic E-state index is 0.00250. The van der Waals surface area contributed by atoms with Gasteiger partial charge in [0.05, 0.1) is 10.9 Å². The van der Waals surface area contributed by atoms with Crippen LogP contribution in [0.3, 0.4) is 0 Å². The molecule has 15 heavy (non-hydrogen) atoms. The third-order valence-corrected chi connectivity index (χ3v) is 3.33. The lowest BCUT2D eigenvalue weighted by molar-refractivity contribution is -0.123. The third kappa shape index (κ3) is 3.76. The van der Waals surface area contributed by atoms with Gasteiger partial charge in [-0.25, -0.2) is 0 Å². The second kappa shape index (κ2) is 5.42. The molecule has 1 amide bonds. The predicted molar refractivity (Wildman–Crippen MR) is 64.3 cm³/mol. The zero-order chi connectivity index (χ0) is 11.4. The molecule has 1 aliphatic rings. The lowest BCUT2D eigenvalue weighted by Crippen LogP contribution is -2.44. The smallest absolute Gasteiger partial charge is 0.221 e. The predicted octanol–water partition coefficient (Wildman–Crippen LogP) is 0.106. The van der Waals surface area contributed by atoms with Gasteiger partial charge in [0.15, 0.2) is 0 Å². The highest BCUT2D eigenvalue weighted by Gasteiger charge is 2.24. The van der Waals surface area contributed by atoms with Crippen LogP contribution in [0.2, 0.25) is 0 Å². The third-order valence-electron chi connectivity index (χ3n) is 2.93. The molecule has 86 valence electrons. The molecule has 0 saturated carbocycles. The highest BCUT2D eigenvalue weighted by Crippen LogP contribution is 2.17. The van der Waals surface area contributed by atoms with Gasteiger partial charge >= 0.3 is 0 Å². The molecule has 5 heteroatoms. The Hall–Kier alpha value is -0.680. The quantitative estimate of drug-likeness (QED) is 0.671. The Bertz CT molecular complexity index is 255. The lowest BCUT2D eigenvalue weighted by Gasteiger charge is -2.32. The number of hydrogen-bond donors (Lipinski definition) is 2. The van der Waals surface area contributed by atoms with Crippen LogP contribution < -0.4 is 11.5 Å². The van der Waals surface area contributed by atoms with E-state index in [9.17, 15) is 4.79 Å². The molecular formula is C10H19N3OS. The van der Waals surface area contributed by atoms with Crippen molar-refractivity contribution in [1.29, 1.82) is 0 Å². The van der Waals surface area contributed by atoms with E-state index in [1.54, 1.807) is 0 Å². The molecule has 0 radical (unpaired) electrons. The van der Waals surface area contributed by atoms with Crippen molar-refractivity contribution in [2.75, 3.05) is 19.6 Å². The molecule has 1 heterocycles. The molecule has 0 aliphatic carbocycles. The molecular weight excluding hydrogens is 210 g/mol. The summed E-state index contributed by atoms with van der Waals surface area (Å²) in [5.41, 5.74) is 10.9. The van der Waals surface area contributed by atoms with E-state index in [2.05, 4.69) is 4.90 Å². The summed E-state index contributed by atoms with van der Waals surface area (Å²) in [6.45, 7) is 4.61. The largest absolute Gasteiger partial charge is 0.393 e. The summed E-state index contributed by atoms with van der Waals surface area (Å²) in [6.07, 6.45) is 1.94. The van der Waals surface area contributed by atoms with Crippen molar-refractivity contribution in [1.82, 2.24) is 4.90 Å². The van der Waals surface area contributed by atoms with E-state index in [0.717, 1.165) is 32.5 Å². The van der Waals surface area contributed by atoms with Crippen LogP contribution in [0, 0.1) is 11.8 Å². The van der Waals surface area contributed by atoms with Gasteiger partial charge in [-0.1, -0.05) is 19.1 Å². The molecule has 2 atom stereocenters. The van der Waals surface area contributed by atoms with E-state index < -0.39 is 0 Å². The molecule has 1 fully saturated rings. The van der Waals surface area contributed by atoms with Crippen LogP contribution >= 0.6 is 12.2 Å². The van der Waals surface area contributed by atoms with Gasteiger partial charge in [0.25, 0.3) is 0 Å². The molecule has 1 aliphatic heterocycles. The zero-order valence-electron chi connectivity index (χ0n) is 9.11. The first kappa shape index (κ1) is 12.4. The van der Waals surface area contributed by atoms with Gasteiger partial charge in [0.2, 0.25) is 5.91 Å². The number of nitrogens with two attached hydrogens (primary N) is 2. The van der Waals surface area contributed by atoms with Crippen molar-refractivity contribution in [3.63, 3.8) is 0 Å². The number of piperidine rings is 1. The SMILES string of the molecule is CC(CN1CCCC(C(N)=O)C1)C(N)=S. The molecule has 0 aromatic heterocycles. The second-order valence-corrected chi connectivity index (χ2v) is 4.78. The van der Waals surface area contributed by atoms with E-state index in [1.165, 1.54) is 0 Å². The van der Waals surface area contributed by atoms with E-state index in [1.807, 2.05) is 6.92 Å². The Labute approximate surface area is 96.0 Å². The number of hydrogen-bond acceptors (Lipinski definition) is 3. The van der Waals surface area contributed by atoms with Crippen LogP contribution in [0.4, 0.5) is 0 Å². The van der Waals surface area contributed by atoms with Crippen molar-refractivity contribution in [2.45, 2.75) is 19.8 Å². The summed E-state index contributed by atoms with van der Waals surface area (Å²) in [7, 11) is 0. The topological polar surface area (TPSA) is 72.3 Å². The Balaban J connectivity index is 2.43. The molecule has 1 saturated heterocycles. The van der Waals surface area contributed by atoms with Crippen molar-refractivity contribution < 1.29 is 4.79 Å². The maximum Gasteiger partial charge on any atom is 0.221 e. The van der Waals surface area contributed by atoms with Crippen LogP contribution in [0.15, 0.2) is 0 Å². The molecule has 0 bridgehead atoms. The minimum atomic E-state index is -0.192. The summed E-state index contributed by atoms with van der Waals surface area (Å²) < 4.78 is 0. The van der Waals surface area contributed by atoms with E-state index in [0.29, 0.717) is 4.99 Å². The van der Waals surface area contributed by atoms with Crippen molar-refractivity contribution >= 4 is 23.1 Å². The average molecular weight is 229 g/mol. The van der Waals surface area contributed by atoms with Gasteiger partial charge in [-0.05, 0) is 19.4 Å². The standard InChI is InChI=1S/C10H19N3OS/c1-7(10(12)15)5-13-4-2-3-8(6-13)9(11)14/h7-8H,2-6H2,1H3,(H2,11,14)(H2,12,15). The van der Waals surface area contributed by atoms with Crippen LogP contribution in [0.1, 0.15) is 19.8 Å². The maximum atomic E-state index is 11.1. The number of carbonyl (C=O) groups excluding carboxylic acids is 1. The number of rotatable bonds is 4. The van der Waals surface area contributed by atoms with Gasteiger partial charge in [0, 0.05) is 19.0 Å². The number of thiocarbonyl (C=S) groups is 1. The lowest BCUT2D eigenvalue weighted by atomic mass is 9.96. The van der Waals surface area contributed by atoms with Crippen LogP contribution in [-0.4, -0.2) is 35.4 Å². The van der Waals surface area contributed by atoms with Crippen molar-refractivity contribution in [3.05, 3.63) is 0 Å². The minimum Gasteiger partial charge on any atom is -0.393 e. The van der Waals surface area contributed by atoms with E-state index >= 15 is 0 Å². The van der Waals surface area contributed by atoms with Crippen LogP contribution in [0.5, 0.6) is 0 Å². The summed E-state index contributed by atoms with van der Waals surface area (Å²) in [4.78, 5) is 13.8. The number of amides is 1. The average Bonchev–Trinajstić information content (AvgIpc) is 2.18. The van der Waals surface area contributed by atoms with Crippen LogP contribution in [0.25, 0.3) is 0 Å². The van der Waals surface area contributed by atoms with Gasteiger partial charge in [-0.3, -0.25) is 4.79 Å². The fraction of sp³-hybridized carbons (Fsp3) is 0.800. The summed E-state index contributed by atoms with van der Waals surface area (Å²) in [6, 6.07) is 0. The summed E-state index contributed by atoms with van der Waals surface area (Å²) >= 11 is 4.93. The Morgan fingerprint density at radius 2 is 2.27 bits per heavy atom. The summed E-state index contributed by atoms with van der Waals surface area (Å²) in [5.74, 6) is 0.00611. The maximum absolute atomic E-state index is 11.1. The Morgan fingerprint density at radius 3 is 2.80 bits per heavy atom. The monoisotopic (exact) mass is 229 g/mol.